The van der Waals surface area contributed by atoms with Crippen LogP contribution in [0, 0.1) is 12.7 Å². The Hall–Kier alpha value is -1.55. The van der Waals surface area contributed by atoms with Gasteiger partial charge in [-0.1, -0.05) is 18.5 Å². The van der Waals surface area contributed by atoms with Crippen molar-refractivity contribution in [1.82, 2.24) is 15.0 Å². The van der Waals surface area contributed by atoms with Gasteiger partial charge in [-0.25, -0.2) is 14.4 Å². The molecular weight excluding hydrogens is 253 g/mol. The van der Waals surface area contributed by atoms with E-state index >= 15 is 0 Å². The van der Waals surface area contributed by atoms with E-state index in [-0.39, 0.29) is 0 Å². The molecule has 0 aromatic carbocycles. The fraction of sp³-hybridized carbons (Fsp3) is 0.308. The second-order valence-corrected chi connectivity index (χ2v) is 4.40. The molecule has 2 aromatic rings. The fourth-order valence-electron chi connectivity index (χ4n) is 1.69. The number of aryl methyl sites for hydroxylation is 1. The molecule has 0 aliphatic carbocycles. The predicted octanol–water partition coefficient (Wildman–Crippen LogP) is 3.59. The maximum atomic E-state index is 13.2. The topological polar surface area (TPSA) is 38.7 Å². The summed E-state index contributed by atoms with van der Waals surface area (Å²) in [5, 5.41) is 0.410. The van der Waals surface area contributed by atoms with Crippen molar-refractivity contribution in [2.24, 2.45) is 0 Å². The molecule has 0 aliphatic rings. The van der Waals surface area contributed by atoms with Crippen molar-refractivity contribution in [3.8, 4) is 11.3 Å². The molecule has 0 fully saturated rings. The van der Waals surface area contributed by atoms with Gasteiger partial charge in [0.1, 0.15) is 16.8 Å². The molecule has 0 amide bonds. The average Bonchev–Trinajstić information content (AvgIpc) is 2.34. The SMILES string of the molecule is CCCc1nc(Cl)c(C)c(-c2cncc(F)c2)n1. The summed E-state index contributed by atoms with van der Waals surface area (Å²) in [5.41, 5.74) is 2.00. The van der Waals surface area contributed by atoms with Crippen molar-refractivity contribution in [2.45, 2.75) is 26.7 Å². The van der Waals surface area contributed by atoms with E-state index in [0.717, 1.165) is 24.6 Å². The molecule has 0 N–H and O–H groups in total. The molecule has 3 nitrogen and oxygen atoms in total. The number of hydrogen-bond donors (Lipinski definition) is 0. The van der Waals surface area contributed by atoms with Crippen LogP contribution in [-0.2, 0) is 6.42 Å². The van der Waals surface area contributed by atoms with E-state index in [0.29, 0.717) is 22.2 Å². The zero-order valence-corrected chi connectivity index (χ0v) is 11.0. The standard InChI is InChI=1S/C13H13ClFN3/c1-3-4-11-17-12(8(2)13(14)18-11)9-5-10(15)7-16-6-9/h5-7H,3-4H2,1-2H3. The molecule has 2 rings (SSSR count). The van der Waals surface area contributed by atoms with Gasteiger partial charge in [0.05, 0.1) is 11.9 Å². The van der Waals surface area contributed by atoms with Gasteiger partial charge in [0.25, 0.3) is 0 Å². The molecule has 0 bridgehead atoms. The largest absolute Gasteiger partial charge is 0.261 e. The Kier molecular flexibility index (Phi) is 3.87. The number of nitrogens with zero attached hydrogens (tertiary/aromatic N) is 3. The highest BCUT2D eigenvalue weighted by molar-refractivity contribution is 6.30. The molecule has 0 aliphatic heterocycles. The molecular formula is C13H13ClFN3. The molecule has 0 radical (unpaired) electrons. The van der Waals surface area contributed by atoms with Crippen LogP contribution in [0.2, 0.25) is 5.15 Å². The van der Waals surface area contributed by atoms with Crippen LogP contribution in [-0.4, -0.2) is 15.0 Å². The summed E-state index contributed by atoms with van der Waals surface area (Å²) in [6, 6.07) is 1.40. The first-order valence-electron chi connectivity index (χ1n) is 5.75. The zero-order chi connectivity index (χ0) is 13.1. The summed E-state index contributed by atoms with van der Waals surface area (Å²) in [6.45, 7) is 3.86. The van der Waals surface area contributed by atoms with Crippen LogP contribution in [0.5, 0.6) is 0 Å². The first-order chi connectivity index (χ1) is 8.61. The molecule has 5 heteroatoms. The normalized spacial score (nSPS) is 10.7. The van der Waals surface area contributed by atoms with Gasteiger partial charge in [-0.2, -0.15) is 0 Å². The third-order valence-corrected chi connectivity index (χ3v) is 2.95. The van der Waals surface area contributed by atoms with Crippen LogP contribution in [0.3, 0.4) is 0 Å². The second kappa shape index (κ2) is 5.40. The molecule has 0 unspecified atom stereocenters. The summed E-state index contributed by atoms with van der Waals surface area (Å²) in [4.78, 5) is 12.5. The van der Waals surface area contributed by atoms with Crippen LogP contribution in [0.25, 0.3) is 11.3 Å². The quantitative estimate of drug-likeness (QED) is 0.796. The maximum absolute atomic E-state index is 13.2. The minimum absolute atomic E-state index is 0.390. The van der Waals surface area contributed by atoms with E-state index in [2.05, 4.69) is 15.0 Å². The van der Waals surface area contributed by atoms with Crippen molar-refractivity contribution < 1.29 is 4.39 Å². The van der Waals surface area contributed by atoms with Gasteiger partial charge in [-0.3, -0.25) is 4.98 Å². The summed E-state index contributed by atoms with van der Waals surface area (Å²) in [5.74, 6) is 0.283. The fourth-order valence-corrected chi connectivity index (χ4v) is 1.88. The Morgan fingerprint density at radius 2 is 2.06 bits per heavy atom. The van der Waals surface area contributed by atoms with Gasteiger partial charge in [-0.05, 0) is 19.4 Å². The molecule has 0 saturated carbocycles. The lowest BCUT2D eigenvalue weighted by Crippen LogP contribution is -2.01. The Labute approximate surface area is 110 Å². The summed E-state index contributed by atoms with van der Waals surface area (Å²) < 4.78 is 13.2. The monoisotopic (exact) mass is 265 g/mol. The van der Waals surface area contributed by atoms with Crippen molar-refractivity contribution in [2.75, 3.05) is 0 Å². The van der Waals surface area contributed by atoms with E-state index in [9.17, 15) is 4.39 Å². The first kappa shape index (κ1) is 12.9. The third-order valence-electron chi connectivity index (χ3n) is 2.58. The van der Waals surface area contributed by atoms with Crippen LogP contribution in [0.4, 0.5) is 4.39 Å². The van der Waals surface area contributed by atoms with Crippen LogP contribution < -0.4 is 0 Å². The summed E-state index contributed by atoms with van der Waals surface area (Å²) in [7, 11) is 0. The Morgan fingerprint density at radius 1 is 1.28 bits per heavy atom. The number of aromatic nitrogens is 3. The number of pyridine rings is 1. The lowest BCUT2D eigenvalue weighted by atomic mass is 10.1. The van der Waals surface area contributed by atoms with Gasteiger partial charge < -0.3 is 0 Å². The first-order valence-corrected chi connectivity index (χ1v) is 6.13. The van der Waals surface area contributed by atoms with Crippen molar-refractivity contribution in [3.05, 3.63) is 40.8 Å². The van der Waals surface area contributed by atoms with Crippen molar-refractivity contribution in [3.63, 3.8) is 0 Å². The maximum Gasteiger partial charge on any atom is 0.142 e. The summed E-state index contributed by atoms with van der Waals surface area (Å²) >= 11 is 6.08. The predicted molar refractivity (Wildman–Crippen MR) is 69.0 cm³/mol. The lowest BCUT2D eigenvalue weighted by molar-refractivity contribution is 0.622. The minimum Gasteiger partial charge on any atom is -0.261 e. The third kappa shape index (κ3) is 2.64. The molecule has 0 saturated heterocycles. The molecule has 0 spiro atoms. The van der Waals surface area contributed by atoms with Gasteiger partial charge in [0.2, 0.25) is 0 Å². The highest BCUT2D eigenvalue weighted by Crippen LogP contribution is 2.25. The second-order valence-electron chi connectivity index (χ2n) is 4.05. The number of halogens is 2. The van der Waals surface area contributed by atoms with Gasteiger partial charge in [-0.15, -0.1) is 0 Å². The molecule has 94 valence electrons. The average molecular weight is 266 g/mol. The van der Waals surface area contributed by atoms with E-state index in [1.54, 1.807) is 6.20 Å². The Balaban J connectivity index is 2.55. The van der Waals surface area contributed by atoms with E-state index < -0.39 is 5.82 Å². The van der Waals surface area contributed by atoms with Gasteiger partial charge in [0, 0.05) is 23.7 Å². The smallest absolute Gasteiger partial charge is 0.142 e. The van der Waals surface area contributed by atoms with Crippen LogP contribution in [0.1, 0.15) is 24.7 Å². The number of hydrogen-bond acceptors (Lipinski definition) is 3. The molecule has 2 aromatic heterocycles. The number of rotatable bonds is 3. The molecule has 18 heavy (non-hydrogen) atoms. The van der Waals surface area contributed by atoms with E-state index in [4.69, 9.17) is 11.6 Å². The summed E-state index contributed by atoms with van der Waals surface area (Å²) in [6.07, 6.45) is 4.41. The molecule has 2 heterocycles. The van der Waals surface area contributed by atoms with Crippen LogP contribution >= 0.6 is 11.6 Å². The van der Waals surface area contributed by atoms with Crippen molar-refractivity contribution >= 4 is 11.6 Å². The Morgan fingerprint density at radius 3 is 2.72 bits per heavy atom. The minimum atomic E-state index is -0.390. The highest BCUT2D eigenvalue weighted by Gasteiger charge is 2.11. The molecule has 0 atom stereocenters. The van der Waals surface area contributed by atoms with Gasteiger partial charge >= 0.3 is 0 Å². The Bertz CT molecular complexity index is 572. The van der Waals surface area contributed by atoms with E-state index in [1.165, 1.54) is 6.07 Å². The van der Waals surface area contributed by atoms with Crippen LogP contribution in [0.15, 0.2) is 18.5 Å². The highest BCUT2D eigenvalue weighted by atomic mass is 35.5. The lowest BCUT2D eigenvalue weighted by Gasteiger charge is -2.08. The zero-order valence-electron chi connectivity index (χ0n) is 10.2. The van der Waals surface area contributed by atoms with E-state index in [1.807, 2.05) is 13.8 Å². The van der Waals surface area contributed by atoms with Gasteiger partial charge in [0.15, 0.2) is 0 Å². The van der Waals surface area contributed by atoms with Crippen molar-refractivity contribution in [1.29, 1.82) is 0 Å².